The lowest BCUT2D eigenvalue weighted by atomic mass is 9.47. The number of nitrogens with one attached hydrogen (secondary N) is 2. The lowest BCUT2D eigenvalue weighted by molar-refractivity contribution is -0.255. The number of benzene rings is 1. The van der Waals surface area contributed by atoms with Gasteiger partial charge in [0.25, 0.3) is 0 Å². The van der Waals surface area contributed by atoms with Gasteiger partial charge in [0.05, 0.1) is 0 Å². The minimum Gasteiger partial charge on any atom is -0.444 e. The predicted molar refractivity (Wildman–Crippen MR) is 110 cm³/mol. The Labute approximate surface area is 175 Å². The van der Waals surface area contributed by atoms with Gasteiger partial charge >= 0.3 is 6.09 Å². The smallest absolute Gasteiger partial charge is 0.410 e. The fraction of sp³-hybridized carbons (Fsp3) is 0.500. The number of imide groups is 1. The summed E-state index contributed by atoms with van der Waals surface area (Å²) >= 11 is 0. The van der Waals surface area contributed by atoms with E-state index >= 15 is 0 Å². The molecule has 0 atom stereocenters. The van der Waals surface area contributed by atoms with Crippen molar-refractivity contribution in [1.82, 2.24) is 15.2 Å². The zero-order valence-electron chi connectivity index (χ0n) is 17.4. The number of carbonyl (C=O) groups excluding carboxylic acids is 3. The normalized spacial score (nSPS) is 30.0. The summed E-state index contributed by atoms with van der Waals surface area (Å²) in [6.07, 6.45) is 3.76. The molecule has 5 aliphatic rings. The van der Waals surface area contributed by atoms with Crippen molar-refractivity contribution in [2.24, 2.45) is 0 Å². The van der Waals surface area contributed by atoms with Crippen LogP contribution in [0, 0.1) is 0 Å². The number of ether oxygens (including phenoxy) is 1. The van der Waals surface area contributed by atoms with Gasteiger partial charge in [-0.25, -0.2) is 4.79 Å². The summed E-state index contributed by atoms with van der Waals surface area (Å²) in [5.41, 5.74) is 4.77. The molecule has 3 saturated heterocycles. The van der Waals surface area contributed by atoms with Crippen molar-refractivity contribution in [2.75, 3.05) is 18.5 Å². The van der Waals surface area contributed by atoms with E-state index in [2.05, 4.69) is 16.8 Å². The molecular weight excluding hydrogens is 384 g/mol. The topological polar surface area (TPSA) is 91.0 Å². The first-order valence-corrected chi connectivity index (χ1v) is 10.3. The summed E-state index contributed by atoms with van der Waals surface area (Å²) in [7, 11) is 0. The summed E-state index contributed by atoms with van der Waals surface area (Å²) in [5, 5.41) is 4.26. The quantitative estimate of drug-likeness (QED) is 0.743. The van der Waals surface area contributed by atoms with Gasteiger partial charge in [0.1, 0.15) is 16.7 Å². The molecule has 1 saturated carbocycles. The Morgan fingerprint density at radius 3 is 2.23 bits per heavy atom. The van der Waals surface area contributed by atoms with Crippen molar-refractivity contribution in [3.8, 4) is 0 Å². The van der Waals surface area contributed by atoms with Crippen LogP contribution >= 0.6 is 0 Å². The van der Waals surface area contributed by atoms with Crippen molar-refractivity contribution in [3.63, 3.8) is 0 Å². The number of piperazine rings is 1. The highest BCUT2D eigenvalue weighted by Crippen LogP contribution is 2.65. The van der Waals surface area contributed by atoms with Crippen LogP contribution in [0.15, 0.2) is 30.3 Å². The van der Waals surface area contributed by atoms with E-state index in [1.807, 2.05) is 50.0 Å². The number of amides is 3. The monoisotopic (exact) mass is 410 g/mol. The van der Waals surface area contributed by atoms with E-state index in [1.54, 1.807) is 4.90 Å². The standard InChI is InChI=1S/C22H26N4O4/c1-20(2,3)30-19(29)25-10-8-15(9-11-25)14-4-6-16(7-5-14)24-26-21-12-22(26,13-21)18(28)23-17(21)27/h4-8,24H,9-13H2,1-3H3,(H,23,27,28). The molecule has 6 rings (SSSR count). The van der Waals surface area contributed by atoms with Crippen molar-refractivity contribution in [3.05, 3.63) is 35.9 Å². The molecule has 4 aliphatic heterocycles. The summed E-state index contributed by atoms with van der Waals surface area (Å²) in [5.74, 6) is -0.404. The number of hydrogen-bond donors (Lipinski definition) is 2. The molecule has 8 nitrogen and oxygen atoms in total. The van der Waals surface area contributed by atoms with Crippen LogP contribution in [0.4, 0.5) is 10.5 Å². The second kappa shape index (κ2) is 6.07. The van der Waals surface area contributed by atoms with Crippen LogP contribution in [0.5, 0.6) is 0 Å². The van der Waals surface area contributed by atoms with Gasteiger partial charge in [-0.1, -0.05) is 18.2 Å². The molecule has 1 aromatic rings. The number of nitrogens with zero attached hydrogens (tertiary/aromatic N) is 2. The van der Waals surface area contributed by atoms with E-state index in [4.69, 9.17) is 4.74 Å². The van der Waals surface area contributed by atoms with Gasteiger partial charge in [-0.3, -0.25) is 14.9 Å². The minimum absolute atomic E-state index is 0.202. The van der Waals surface area contributed by atoms with Crippen LogP contribution in [0.1, 0.15) is 45.6 Å². The van der Waals surface area contributed by atoms with Crippen LogP contribution < -0.4 is 10.7 Å². The SMILES string of the molecule is CC(C)(C)OC(=O)N1CC=C(c2ccc(NN3C45CC3(C4)C(=O)NC5=O)cc2)CC1. The predicted octanol–water partition coefficient (Wildman–Crippen LogP) is 2.28. The summed E-state index contributed by atoms with van der Waals surface area (Å²) in [6, 6.07) is 7.96. The molecule has 30 heavy (non-hydrogen) atoms. The lowest BCUT2D eigenvalue weighted by Gasteiger charge is -2.77. The maximum atomic E-state index is 12.2. The van der Waals surface area contributed by atoms with Crippen LogP contribution in [0.2, 0.25) is 0 Å². The molecule has 4 fully saturated rings. The average Bonchev–Trinajstić information content (AvgIpc) is 2.64. The number of hydrogen-bond acceptors (Lipinski definition) is 6. The number of anilines is 1. The van der Waals surface area contributed by atoms with Crippen molar-refractivity contribution >= 4 is 29.2 Å². The zero-order valence-corrected chi connectivity index (χ0v) is 17.4. The Kier molecular flexibility index (Phi) is 3.87. The lowest BCUT2D eigenvalue weighted by Crippen LogP contribution is -2.99. The molecule has 1 aliphatic carbocycles. The maximum Gasteiger partial charge on any atom is 0.410 e. The number of carbonyl (C=O) groups is 3. The third-order valence-electron chi connectivity index (χ3n) is 6.46. The van der Waals surface area contributed by atoms with Gasteiger partial charge in [0.15, 0.2) is 0 Å². The molecule has 0 spiro atoms. The van der Waals surface area contributed by atoms with E-state index in [0.717, 1.165) is 17.7 Å². The second-order valence-electron chi connectivity index (χ2n) is 9.63. The molecule has 0 radical (unpaired) electrons. The Balaban J connectivity index is 1.22. The molecule has 0 aromatic heterocycles. The van der Waals surface area contributed by atoms with E-state index in [1.165, 1.54) is 5.57 Å². The van der Waals surface area contributed by atoms with Crippen molar-refractivity contribution in [1.29, 1.82) is 0 Å². The summed E-state index contributed by atoms with van der Waals surface area (Å²) < 4.78 is 5.44. The third-order valence-corrected chi connectivity index (χ3v) is 6.46. The zero-order chi connectivity index (χ0) is 21.3. The van der Waals surface area contributed by atoms with Gasteiger partial charge in [0, 0.05) is 31.6 Å². The van der Waals surface area contributed by atoms with Gasteiger partial charge in [-0.05, 0) is 50.5 Å². The number of rotatable bonds is 3. The molecule has 4 heterocycles. The van der Waals surface area contributed by atoms with E-state index in [-0.39, 0.29) is 17.9 Å². The summed E-state index contributed by atoms with van der Waals surface area (Å²) in [4.78, 5) is 38.2. The Morgan fingerprint density at radius 2 is 1.73 bits per heavy atom. The maximum absolute atomic E-state index is 12.2. The van der Waals surface area contributed by atoms with E-state index in [9.17, 15) is 14.4 Å². The average molecular weight is 410 g/mol. The number of hydrazine groups is 1. The first-order chi connectivity index (χ1) is 14.1. The molecule has 1 aromatic carbocycles. The Morgan fingerprint density at radius 1 is 1.10 bits per heavy atom. The number of piperidine rings is 2. The van der Waals surface area contributed by atoms with E-state index < -0.39 is 16.7 Å². The first-order valence-electron chi connectivity index (χ1n) is 10.3. The van der Waals surface area contributed by atoms with Crippen LogP contribution in [0.3, 0.4) is 0 Å². The molecular formula is C22H26N4O4. The highest BCUT2D eigenvalue weighted by Gasteiger charge is 2.85. The molecule has 3 amide bonds. The van der Waals surface area contributed by atoms with Gasteiger partial charge in [-0.15, -0.1) is 0 Å². The first kappa shape index (κ1) is 19.1. The minimum atomic E-state index is -0.566. The van der Waals surface area contributed by atoms with Crippen LogP contribution in [-0.2, 0) is 14.3 Å². The molecule has 8 heteroatoms. The van der Waals surface area contributed by atoms with Crippen LogP contribution in [0.25, 0.3) is 5.57 Å². The third kappa shape index (κ3) is 2.66. The molecule has 2 bridgehead atoms. The Hall–Kier alpha value is -2.87. The molecule has 0 unspecified atom stereocenters. The van der Waals surface area contributed by atoms with Crippen molar-refractivity contribution in [2.45, 2.75) is 56.7 Å². The fourth-order valence-corrected chi connectivity index (χ4v) is 4.84. The van der Waals surface area contributed by atoms with Gasteiger partial charge in [-0.2, -0.15) is 5.01 Å². The van der Waals surface area contributed by atoms with Crippen LogP contribution in [-0.4, -0.2) is 57.6 Å². The Bertz CT molecular complexity index is 944. The van der Waals surface area contributed by atoms with Crippen molar-refractivity contribution < 1.29 is 19.1 Å². The van der Waals surface area contributed by atoms with Gasteiger partial charge in [0.2, 0.25) is 11.8 Å². The summed E-state index contributed by atoms with van der Waals surface area (Å²) in [6.45, 7) is 6.75. The fourth-order valence-electron chi connectivity index (χ4n) is 4.84. The highest BCUT2D eigenvalue weighted by molar-refractivity contribution is 6.15. The second-order valence-corrected chi connectivity index (χ2v) is 9.63. The largest absolute Gasteiger partial charge is 0.444 e. The molecule has 2 N–H and O–H groups in total. The highest BCUT2D eigenvalue weighted by atomic mass is 16.6. The van der Waals surface area contributed by atoms with E-state index in [0.29, 0.717) is 25.9 Å². The van der Waals surface area contributed by atoms with Gasteiger partial charge < -0.3 is 15.1 Å². The molecule has 158 valence electrons.